The van der Waals surface area contributed by atoms with Gasteiger partial charge >= 0.3 is 0 Å². The average molecular weight is 197 g/mol. The molecule has 1 aliphatic rings. The molecule has 0 spiro atoms. The summed E-state index contributed by atoms with van der Waals surface area (Å²) in [4.78, 5) is 2.54. The lowest BCUT2D eigenvalue weighted by atomic mass is 9.97. The van der Waals surface area contributed by atoms with Crippen LogP contribution in [0.1, 0.15) is 47.0 Å². The van der Waals surface area contributed by atoms with Gasteiger partial charge in [0.1, 0.15) is 0 Å². The van der Waals surface area contributed by atoms with Gasteiger partial charge in [0.15, 0.2) is 0 Å². The molecule has 1 aliphatic carbocycles. The van der Waals surface area contributed by atoms with Gasteiger partial charge in [-0.15, -0.1) is 0 Å². The minimum absolute atomic E-state index is 0.748. The van der Waals surface area contributed by atoms with Crippen molar-refractivity contribution in [1.82, 2.24) is 4.90 Å². The van der Waals surface area contributed by atoms with E-state index in [1.54, 1.807) is 0 Å². The van der Waals surface area contributed by atoms with Crippen LogP contribution in [0.2, 0.25) is 0 Å². The van der Waals surface area contributed by atoms with Crippen LogP contribution in [0.4, 0.5) is 0 Å². The molecule has 84 valence electrons. The third-order valence-electron chi connectivity index (χ3n) is 4.15. The summed E-state index contributed by atoms with van der Waals surface area (Å²) in [6, 6.07) is 0.748. The minimum atomic E-state index is 0.748. The van der Waals surface area contributed by atoms with E-state index in [1.807, 2.05) is 0 Å². The van der Waals surface area contributed by atoms with Gasteiger partial charge in [0, 0.05) is 12.6 Å². The van der Waals surface area contributed by atoms with Crippen LogP contribution in [0.25, 0.3) is 0 Å². The van der Waals surface area contributed by atoms with E-state index in [1.165, 1.54) is 25.8 Å². The molecular formula is C13H27N. The molecule has 0 radical (unpaired) electrons. The molecule has 0 amide bonds. The van der Waals surface area contributed by atoms with E-state index in [4.69, 9.17) is 0 Å². The first-order valence-electron chi connectivity index (χ1n) is 6.24. The van der Waals surface area contributed by atoms with Crippen LogP contribution >= 0.6 is 0 Å². The standard InChI is InChI=1S/C13H27N/c1-6-12(4)14(5)9-13-8-10(2)7-11(13)3/h10-13H,6-9H2,1-5H3. The van der Waals surface area contributed by atoms with Gasteiger partial charge in [-0.25, -0.2) is 0 Å². The van der Waals surface area contributed by atoms with Gasteiger partial charge in [0.05, 0.1) is 0 Å². The second kappa shape index (κ2) is 5.16. The molecule has 1 fully saturated rings. The molecule has 4 unspecified atom stereocenters. The van der Waals surface area contributed by atoms with E-state index in [9.17, 15) is 0 Å². The summed E-state index contributed by atoms with van der Waals surface area (Å²) in [5.41, 5.74) is 0. The summed E-state index contributed by atoms with van der Waals surface area (Å²) < 4.78 is 0. The van der Waals surface area contributed by atoms with Crippen LogP contribution in [0.15, 0.2) is 0 Å². The highest BCUT2D eigenvalue weighted by atomic mass is 15.1. The quantitative estimate of drug-likeness (QED) is 0.667. The van der Waals surface area contributed by atoms with Gasteiger partial charge < -0.3 is 4.90 Å². The summed E-state index contributed by atoms with van der Waals surface area (Å²) in [7, 11) is 2.28. The summed E-state index contributed by atoms with van der Waals surface area (Å²) in [6.07, 6.45) is 4.16. The Morgan fingerprint density at radius 3 is 2.36 bits per heavy atom. The monoisotopic (exact) mass is 197 g/mol. The molecule has 1 rings (SSSR count). The maximum absolute atomic E-state index is 2.54. The first-order chi connectivity index (χ1) is 6.54. The van der Waals surface area contributed by atoms with E-state index in [-0.39, 0.29) is 0 Å². The van der Waals surface area contributed by atoms with Crippen LogP contribution in [-0.4, -0.2) is 24.5 Å². The normalized spacial score (nSPS) is 35.1. The zero-order valence-corrected chi connectivity index (χ0v) is 10.6. The molecule has 1 saturated carbocycles. The van der Waals surface area contributed by atoms with E-state index in [0.717, 1.165) is 23.8 Å². The third kappa shape index (κ3) is 2.98. The van der Waals surface area contributed by atoms with Crippen LogP contribution in [-0.2, 0) is 0 Å². The lowest BCUT2D eigenvalue weighted by molar-refractivity contribution is 0.195. The summed E-state index contributed by atoms with van der Waals surface area (Å²) in [6.45, 7) is 10.8. The van der Waals surface area contributed by atoms with Crippen molar-refractivity contribution in [2.24, 2.45) is 17.8 Å². The summed E-state index contributed by atoms with van der Waals surface area (Å²) in [5, 5.41) is 0. The summed E-state index contributed by atoms with van der Waals surface area (Å²) in [5.74, 6) is 2.85. The zero-order valence-electron chi connectivity index (χ0n) is 10.6. The van der Waals surface area contributed by atoms with Gasteiger partial charge in [-0.2, -0.15) is 0 Å². The van der Waals surface area contributed by atoms with Crippen molar-refractivity contribution in [2.75, 3.05) is 13.6 Å². The zero-order chi connectivity index (χ0) is 10.7. The molecule has 1 heteroatoms. The largest absolute Gasteiger partial charge is 0.303 e. The molecular weight excluding hydrogens is 170 g/mol. The summed E-state index contributed by atoms with van der Waals surface area (Å²) >= 11 is 0. The van der Waals surface area contributed by atoms with Crippen LogP contribution < -0.4 is 0 Å². The Morgan fingerprint density at radius 1 is 1.29 bits per heavy atom. The van der Waals surface area contributed by atoms with Crippen LogP contribution in [0.3, 0.4) is 0 Å². The van der Waals surface area contributed by atoms with Crippen molar-refractivity contribution in [3.8, 4) is 0 Å². The van der Waals surface area contributed by atoms with Crippen molar-refractivity contribution >= 4 is 0 Å². The molecule has 1 nitrogen and oxygen atoms in total. The Hall–Kier alpha value is -0.0400. The van der Waals surface area contributed by atoms with Crippen molar-refractivity contribution in [1.29, 1.82) is 0 Å². The molecule has 0 aliphatic heterocycles. The van der Waals surface area contributed by atoms with Gasteiger partial charge in [0.25, 0.3) is 0 Å². The van der Waals surface area contributed by atoms with Gasteiger partial charge in [-0.1, -0.05) is 20.8 Å². The highest BCUT2D eigenvalue weighted by molar-refractivity contribution is 4.81. The molecule has 0 heterocycles. The number of nitrogens with zero attached hydrogens (tertiary/aromatic N) is 1. The maximum Gasteiger partial charge on any atom is 0.00613 e. The van der Waals surface area contributed by atoms with Gasteiger partial charge in [-0.05, 0) is 51.0 Å². The molecule has 0 aromatic heterocycles. The Morgan fingerprint density at radius 2 is 1.93 bits per heavy atom. The van der Waals surface area contributed by atoms with Crippen LogP contribution in [0.5, 0.6) is 0 Å². The predicted octanol–water partition coefficient (Wildman–Crippen LogP) is 3.40. The van der Waals surface area contributed by atoms with E-state index in [2.05, 4.69) is 39.6 Å². The SMILES string of the molecule is CCC(C)N(C)CC1CC(C)CC1C. The first kappa shape index (κ1) is 12.0. The molecule has 0 aromatic carbocycles. The Bertz CT molecular complexity index is 167. The Balaban J connectivity index is 2.36. The minimum Gasteiger partial charge on any atom is -0.303 e. The van der Waals surface area contributed by atoms with Crippen LogP contribution in [0, 0.1) is 17.8 Å². The Labute approximate surface area is 89.9 Å². The number of hydrogen-bond acceptors (Lipinski definition) is 1. The highest BCUT2D eigenvalue weighted by Crippen LogP contribution is 2.36. The second-order valence-corrected chi connectivity index (χ2v) is 5.51. The molecule has 0 aromatic rings. The van der Waals surface area contributed by atoms with E-state index >= 15 is 0 Å². The highest BCUT2D eigenvalue weighted by Gasteiger charge is 2.29. The van der Waals surface area contributed by atoms with Gasteiger partial charge in [-0.3, -0.25) is 0 Å². The fourth-order valence-electron chi connectivity index (χ4n) is 2.79. The predicted molar refractivity (Wildman–Crippen MR) is 63.4 cm³/mol. The third-order valence-corrected chi connectivity index (χ3v) is 4.15. The van der Waals surface area contributed by atoms with Crippen molar-refractivity contribution < 1.29 is 0 Å². The lowest BCUT2D eigenvalue weighted by Crippen LogP contribution is -2.34. The smallest absolute Gasteiger partial charge is 0.00613 e. The topological polar surface area (TPSA) is 3.24 Å². The second-order valence-electron chi connectivity index (χ2n) is 5.51. The average Bonchev–Trinajstić information content (AvgIpc) is 2.44. The maximum atomic E-state index is 2.54. The lowest BCUT2D eigenvalue weighted by Gasteiger charge is -2.28. The molecule has 0 saturated heterocycles. The number of hydrogen-bond donors (Lipinski definition) is 0. The van der Waals surface area contributed by atoms with Crippen molar-refractivity contribution in [2.45, 2.75) is 53.0 Å². The number of rotatable bonds is 4. The van der Waals surface area contributed by atoms with Gasteiger partial charge in [0.2, 0.25) is 0 Å². The van der Waals surface area contributed by atoms with Crippen molar-refractivity contribution in [3.63, 3.8) is 0 Å². The fraction of sp³-hybridized carbons (Fsp3) is 1.00. The van der Waals surface area contributed by atoms with E-state index in [0.29, 0.717) is 0 Å². The van der Waals surface area contributed by atoms with Crippen molar-refractivity contribution in [3.05, 3.63) is 0 Å². The molecule has 0 bridgehead atoms. The first-order valence-corrected chi connectivity index (χ1v) is 6.24. The Kier molecular flexibility index (Phi) is 4.43. The molecule has 14 heavy (non-hydrogen) atoms. The fourth-order valence-corrected chi connectivity index (χ4v) is 2.79. The molecule has 0 N–H and O–H groups in total. The molecule has 4 atom stereocenters. The van der Waals surface area contributed by atoms with E-state index < -0.39 is 0 Å².